The molecule has 21 heavy (non-hydrogen) atoms. The molecule has 2 aromatic carbocycles. The third-order valence-electron chi connectivity index (χ3n) is 3.79. The standard InChI is InChI=1S/C16H16BrClN2O/c17-12-6-5-10(13(18)9-12)7-14(20-19)16-8-11-3-1-2-4-15(11)21-16/h1-6,9,14,16,20H,7-8,19H2. The van der Waals surface area contributed by atoms with E-state index in [9.17, 15) is 0 Å². The SMILES string of the molecule is NNC(Cc1ccc(Br)cc1Cl)C1Cc2ccccc2O1. The van der Waals surface area contributed by atoms with Gasteiger partial charge in [-0.3, -0.25) is 11.3 Å². The van der Waals surface area contributed by atoms with E-state index >= 15 is 0 Å². The number of rotatable bonds is 4. The molecule has 0 aliphatic carbocycles. The molecule has 2 atom stereocenters. The summed E-state index contributed by atoms with van der Waals surface area (Å²) >= 11 is 9.70. The minimum atomic E-state index is 0.0103. The maximum atomic E-state index is 6.29. The summed E-state index contributed by atoms with van der Waals surface area (Å²) in [5.41, 5.74) is 5.16. The second-order valence-corrected chi connectivity index (χ2v) is 6.50. The molecule has 3 N–H and O–H groups in total. The topological polar surface area (TPSA) is 47.3 Å². The maximum Gasteiger partial charge on any atom is 0.123 e. The van der Waals surface area contributed by atoms with E-state index in [0.29, 0.717) is 0 Å². The number of halogens is 2. The molecular weight excluding hydrogens is 352 g/mol. The highest BCUT2D eigenvalue weighted by Gasteiger charge is 2.30. The van der Waals surface area contributed by atoms with Gasteiger partial charge in [0.1, 0.15) is 11.9 Å². The normalized spacial score (nSPS) is 18.1. The Bertz CT molecular complexity index is 625. The fourth-order valence-corrected chi connectivity index (χ4v) is 3.41. The molecule has 0 radical (unpaired) electrons. The van der Waals surface area contributed by atoms with Gasteiger partial charge in [-0.1, -0.05) is 51.8 Å². The molecule has 2 unspecified atom stereocenters. The average Bonchev–Trinajstić information content (AvgIpc) is 2.90. The van der Waals surface area contributed by atoms with Gasteiger partial charge >= 0.3 is 0 Å². The van der Waals surface area contributed by atoms with Crippen LogP contribution in [0.25, 0.3) is 0 Å². The third kappa shape index (κ3) is 3.24. The first kappa shape index (κ1) is 14.9. The van der Waals surface area contributed by atoms with Crippen LogP contribution in [0.2, 0.25) is 5.02 Å². The molecular formula is C16H16BrClN2O. The van der Waals surface area contributed by atoms with Crippen molar-refractivity contribution in [2.75, 3.05) is 0 Å². The zero-order valence-corrected chi connectivity index (χ0v) is 13.7. The zero-order valence-electron chi connectivity index (χ0n) is 11.4. The van der Waals surface area contributed by atoms with Crippen molar-refractivity contribution in [3.8, 4) is 5.75 Å². The number of nitrogens with one attached hydrogen (secondary N) is 1. The molecule has 0 amide bonds. The van der Waals surface area contributed by atoms with Crippen molar-refractivity contribution in [2.24, 2.45) is 5.84 Å². The van der Waals surface area contributed by atoms with Crippen LogP contribution in [0.4, 0.5) is 0 Å². The lowest BCUT2D eigenvalue weighted by Crippen LogP contribution is -2.47. The maximum absolute atomic E-state index is 6.29. The molecule has 0 spiro atoms. The van der Waals surface area contributed by atoms with Gasteiger partial charge in [-0.25, -0.2) is 0 Å². The molecule has 0 bridgehead atoms. The number of fused-ring (bicyclic) bond motifs is 1. The predicted molar refractivity (Wildman–Crippen MR) is 88.5 cm³/mol. The van der Waals surface area contributed by atoms with Gasteiger partial charge in [-0.05, 0) is 35.7 Å². The van der Waals surface area contributed by atoms with Crippen molar-refractivity contribution < 1.29 is 4.74 Å². The average molecular weight is 368 g/mol. The minimum Gasteiger partial charge on any atom is -0.488 e. The summed E-state index contributed by atoms with van der Waals surface area (Å²) in [6.07, 6.45) is 1.60. The molecule has 1 aliphatic heterocycles. The Morgan fingerprint density at radius 1 is 1.33 bits per heavy atom. The minimum absolute atomic E-state index is 0.0103. The van der Waals surface area contributed by atoms with Crippen molar-refractivity contribution in [3.05, 3.63) is 63.1 Å². The number of para-hydroxylation sites is 1. The van der Waals surface area contributed by atoms with E-state index in [1.54, 1.807) is 0 Å². The fourth-order valence-electron chi connectivity index (χ4n) is 2.66. The Hall–Kier alpha value is -1.07. The van der Waals surface area contributed by atoms with Crippen LogP contribution < -0.4 is 16.0 Å². The lowest BCUT2D eigenvalue weighted by Gasteiger charge is -2.23. The van der Waals surface area contributed by atoms with Gasteiger partial charge in [0, 0.05) is 15.9 Å². The van der Waals surface area contributed by atoms with Gasteiger partial charge in [0.2, 0.25) is 0 Å². The van der Waals surface area contributed by atoms with Crippen molar-refractivity contribution >= 4 is 27.5 Å². The Morgan fingerprint density at radius 2 is 2.14 bits per heavy atom. The lowest BCUT2D eigenvalue weighted by molar-refractivity contribution is 0.177. The van der Waals surface area contributed by atoms with E-state index in [1.807, 2.05) is 36.4 Å². The summed E-state index contributed by atoms with van der Waals surface area (Å²) in [7, 11) is 0. The molecule has 2 aromatic rings. The number of hydrazine groups is 1. The van der Waals surface area contributed by atoms with Crippen LogP contribution in [-0.4, -0.2) is 12.1 Å². The van der Waals surface area contributed by atoms with Crippen LogP contribution in [0.1, 0.15) is 11.1 Å². The highest BCUT2D eigenvalue weighted by molar-refractivity contribution is 9.10. The molecule has 3 rings (SSSR count). The van der Waals surface area contributed by atoms with Gasteiger partial charge in [-0.15, -0.1) is 0 Å². The van der Waals surface area contributed by atoms with Gasteiger partial charge < -0.3 is 4.74 Å². The first-order valence-electron chi connectivity index (χ1n) is 6.82. The third-order valence-corrected chi connectivity index (χ3v) is 4.63. The van der Waals surface area contributed by atoms with Crippen molar-refractivity contribution in [1.82, 2.24) is 5.43 Å². The lowest BCUT2D eigenvalue weighted by atomic mass is 9.98. The Kier molecular flexibility index (Phi) is 4.50. The molecule has 110 valence electrons. The number of hydrogen-bond donors (Lipinski definition) is 2. The molecule has 5 heteroatoms. The van der Waals surface area contributed by atoms with Crippen LogP contribution >= 0.6 is 27.5 Å². The summed E-state index contributed by atoms with van der Waals surface area (Å²) in [4.78, 5) is 0. The highest BCUT2D eigenvalue weighted by atomic mass is 79.9. The van der Waals surface area contributed by atoms with Gasteiger partial charge in [0.25, 0.3) is 0 Å². The molecule has 1 aliphatic rings. The molecule has 1 heterocycles. The summed E-state index contributed by atoms with van der Waals surface area (Å²) in [6.45, 7) is 0. The van der Waals surface area contributed by atoms with Crippen LogP contribution in [-0.2, 0) is 12.8 Å². The Morgan fingerprint density at radius 3 is 2.86 bits per heavy atom. The van der Waals surface area contributed by atoms with Crippen LogP contribution in [0.15, 0.2) is 46.9 Å². The van der Waals surface area contributed by atoms with Crippen LogP contribution in [0, 0.1) is 0 Å². The molecule has 0 saturated heterocycles. The van der Waals surface area contributed by atoms with Crippen LogP contribution in [0.5, 0.6) is 5.75 Å². The largest absolute Gasteiger partial charge is 0.488 e. The van der Waals surface area contributed by atoms with Crippen LogP contribution in [0.3, 0.4) is 0 Å². The van der Waals surface area contributed by atoms with E-state index in [-0.39, 0.29) is 12.1 Å². The van der Waals surface area contributed by atoms with E-state index < -0.39 is 0 Å². The van der Waals surface area contributed by atoms with E-state index in [1.165, 1.54) is 5.56 Å². The second-order valence-electron chi connectivity index (χ2n) is 5.18. The quantitative estimate of drug-likeness (QED) is 0.642. The first-order chi connectivity index (χ1) is 10.2. The Balaban J connectivity index is 1.75. The number of nitrogens with two attached hydrogens (primary N) is 1. The van der Waals surface area contributed by atoms with E-state index in [2.05, 4.69) is 27.4 Å². The highest BCUT2D eigenvalue weighted by Crippen LogP contribution is 2.31. The van der Waals surface area contributed by atoms with E-state index in [4.69, 9.17) is 22.2 Å². The molecule has 0 aromatic heterocycles. The molecule has 3 nitrogen and oxygen atoms in total. The van der Waals surface area contributed by atoms with Crippen molar-refractivity contribution in [2.45, 2.75) is 25.0 Å². The Labute approximate surface area is 137 Å². The van der Waals surface area contributed by atoms with Crippen molar-refractivity contribution in [3.63, 3.8) is 0 Å². The number of ether oxygens (including phenoxy) is 1. The van der Waals surface area contributed by atoms with E-state index in [0.717, 1.165) is 33.6 Å². The van der Waals surface area contributed by atoms with Gasteiger partial charge in [-0.2, -0.15) is 0 Å². The summed E-state index contributed by atoms with van der Waals surface area (Å²) in [6, 6.07) is 14.0. The summed E-state index contributed by atoms with van der Waals surface area (Å²) < 4.78 is 6.97. The molecule has 0 fully saturated rings. The summed E-state index contributed by atoms with van der Waals surface area (Å²) in [5, 5.41) is 0.736. The van der Waals surface area contributed by atoms with Crippen molar-refractivity contribution in [1.29, 1.82) is 0 Å². The smallest absolute Gasteiger partial charge is 0.123 e. The summed E-state index contributed by atoms with van der Waals surface area (Å²) in [5.74, 6) is 6.68. The predicted octanol–water partition coefficient (Wildman–Crippen LogP) is 3.48. The van der Waals surface area contributed by atoms with Gasteiger partial charge in [0.05, 0.1) is 6.04 Å². The monoisotopic (exact) mass is 366 g/mol. The molecule has 0 saturated carbocycles. The zero-order chi connectivity index (χ0) is 14.8. The van der Waals surface area contributed by atoms with Gasteiger partial charge in [0.15, 0.2) is 0 Å². The second kappa shape index (κ2) is 6.36. The fraction of sp³-hybridized carbons (Fsp3) is 0.250. The first-order valence-corrected chi connectivity index (χ1v) is 7.99. The number of benzene rings is 2. The number of hydrogen-bond acceptors (Lipinski definition) is 3.